The van der Waals surface area contributed by atoms with Crippen molar-refractivity contribution in [1.29, 1.82) is 0 Å². The van der Waals surface area contributed by atoms with Gasteiger partial charge in [0.1, 0.15) is 6.10 Å². The lowest BCUT2D eigenvalue weighted by molar-refractivity contribution is 0.130. The van der Waals surface area contributed by atoms with Gasteiger partial charge in [0.25, 0.3) is 0 Å². The quantitative estimate of drug-likeness (QED) is 0.838. The third kappa shape index (κ3) is 2.90. The predicted octanol–water partition coefficient (Wildman–Crippen LogP) is 1.42. The fourth-order valence-electron chi connectivity index (χ4n) is 2.37. The van der Waals surface area contributed by atoms with Crippen LogP contribution < -0.4 is 4.74 Å². The van der Waals surface area contributed by atoms with Gasteiger partial charge in [-0.1, -0.05) is 6.07 Å². The molecule has 0 radical (unpaired) electrons. The zero-order valence-electron chi connectivity index (χ0n) is 10.7. The maximum atomic E-state index is 12.1. The van der Waals surface area contributed by atoms with E-state index in [-0.39, 0.29) is 11.4 Å². The molecule has 19 heavy (non-hydrogen) atoms. The molecule has 0 spiro atoms. The molecule has 1 saturated heterocycles. The topological polar surface area (TPSA) is 59.5 Å². The van der Waals surface area contributed by atoms with Crippen LogP contribution in [0.5, 0.6) is 5.88 Å². The van der Waals surface area contributed by atoms with E-state index in [9.17, 15) is 8.42 Å². The van der Waals surface area contributed by atoms with Crippen LogP contribution in [0.1, 0.15) is 25.7 Å². The molecule has 0 amide bonds. The van der Waals surface area contributed by atoms with Crippen LogP contribution in [0, 0.1) is 0 Å². The fraction of sp³-hybridized carbons (Fsp3) is 0.615. The van der Waals surface area contributed by atoms with E-state index in [0.717, 1.165) is 25.7 Å². The molecule has 2 fully saturated rings. The standard InChI is InChI=1S/C13H18N2O3S/c16-19(17,12-4-5-12)15-9-6-11(7-10-15)18-13-3-1-2-8-14-13/h1-3,8,11-12H,4-7,9-10H2. The minimum Gasteiger partial charge on any atom is -0.474 e. The molecule has 2 aliphatic rings. The smallest absolute Gasteiger partial charge is 0.216 e. The normalized spacial score (nSPS) is 22.3. The van der Waals surface area contributed by atoms with Crippen molar-refractivity contribution in [3.8, 4) is 5.88 Å². The van der Waals surface area contributed by atoms with Gasteiger partial charge in [-0.25, -0.2) is 17.7 Å². The summed E-state index contributed by atoms with van der Waals surface area (Å²) < 4.78 is 31.6. The van der Waals surface area contributed by atoms with Gasteiger partial charge in [-0.2, -0.15) is 0 Å². The van der Waals surface area contributed by atoms with Crippen molar-refractivity contribution in [2.24, 2.45) is 0 Å². The van der Waals surface area contributed by atoms with Gasteiger partial charge in [0.05, 0.1) is 5.25 Å². The van der Waals surface area contributed by atoms with Crippen LogP contribution in [-0.2, 0) is 10.0 Å². The van der Waals surface area contributed by atoms with E-state index in [1.807, 2.05) is 18.2 Å². The molecule has 0 unspecified atom stereocenters. The van der Waals surface area contributed by atoms with Gasteiger partial charge < -0.3 is 4.74 Å². The van der Waals surface area contributed by atoms with Crippen LogP contribution in [-0.4, -0.2) is 42.2 Å². The molecule has 5 nitrogen and oxygen atoms in total. The maximum absolute atomic E-state index is 12.1. The van der Waals surface area contributed by atoms with E-state index in [0.29, 0.717) is 19.0 Å². The minimum atomic E-state index is -3.02. The zero-order valence-corrected chi connectivity index (χ0v) is 11.6. The first-order valence-electron chi connectivity index (χ1n) is 6.73. The molecule has 1 aromatic rings. The Morgan fingerprint density at radius 3 is 2.47 bits per heavy atom. The monoisotopic (exact) mass is 282 g/mol. The van der Waals surface area contributed by atoms with E-state index in [1.165, 1.54) is 0 Å². The molecule has 0 N–H and O–H groups in total. The largest absolute Gasteiger partial charge is 0.474 e. The molecular weight excluding hydrogens is 264 g/mol. The molecule has 0 atom stereocenters. The van der Waals surface area contributed by atoms with Gasteiger partial charge in [-0.3, -0.25) is 0 Å². The van der Waals surface area contributed by atoms with Gasteiger partial charge in [0.2, 0.25) is 15.9 Å². The van der Waals surface area contributed by atoms with Crippen LogP contribution in [0.4, 0.5) is 0 Å². The summed E-state index contributed by atoms with van der Waals surface area (Å²) in [5.41, 5.74) is 0. The summed E-state index contributed by atoms with van der Waals surface area (Å²) in [6.07, 6.45) is 4.90. The summed E-state index contributed by atoms with van der Waals surface area (Å²) in [6, 6.07) is 5.56. The molecule has 6 heteroatoms. The molecule has 1 aliphatic heterocycles. The van der Waals surface area contributed by atoms with Gasteiger partial charge in [-0.15, -0.1) is 0 Å². The van der Waals surface area contributed by atoms with Crippen LogP contribution in [0.25, 0.3) is 0 Å². The van der Waals surface area contributed by atoms with Crippen molar-refractivity contribution in [2.45, 2.75) is 37.0 Å². The summed E-state index contributed by atoms with van der Waals surface area (Å²) >= 11 is 0. The summed E-state index contributed by atoms with van der Waals surface area (Å²) in [5.74, 6) is 0.617. The number of piperidine rings is 1. The Kier molecular flexibility index (Phi) is 3.45. The van der Waals surface area contributed by atoms with Crippen LogP contribution in [0.15, 0.2) is 24.4 Å². The van der Waals surface area contributed by atoms with Crippen molar-refractivity contribution in [2.75, 3.05) is 13.1 Å². The first kappa shape index (κ1) is 12.9. The second-order valence-corrected chi connectivity index (χ2v) is 7.34. The van der Waals surface area contributed by atoms with Gasteiger partial charge in [-0.05, 0) is 31.7 Å². The number of pyridine rings is 1. The third-order valence-corrected chi connectivity index (χ3v) is 6.03. The molecule has 1 aromatic heterocycles. The molecular formula is C13H18N2O3S. The second-order valence-electron chi connectivity index (χ2n) is 5.13. The molecule has 104 valence electrons. The van der Waals surface area contributed by atoms with E-state index in [4.69, 9.17) is 4.74 Å². The van der Waals surface area contributed by atoms with Gasteiger partial charge in [0, 0.05) is 25.4 Å². The number of ether oxygens (including phenoxy) is 1. The second kappa shape index (κ2) is 5.09. The lowest BCUT2D eigenvalue weighted by Gasteiger charge is -2.31. The Balaban J connectivity index is 1.55. The predicted molar refractivity (Wildman–Crippen MR) is 71.4 cm³/mol. The fourth-order valence-corrected chi connectivity index (χ4v) is 4.24. The average Bonchev–Trinajstić information content (AvgIpc) is 3.25. The highest BCUT2D eigenvalue weighted by atomic mass is 32.2. The SMILES string of the molecule is O=S(=O)(C1CC1)N1CCC(Oc2ccccn2)CC1. The van der Waals surface area contributed by atoms with Crippen LogP contribution in [0.2, 0.25) is 0 Å². The summed E-state index contributed by atoms with van der Waals surface area (Å²) in [4.78, 5) is 4.12. The molecule has 1 aliphatic carbocycles. The zero-order chi connectivity index (χ0) is 13.3. The Bertz CT molecular complexity index is 520. The van der Waals surface area contributed by atoms with Crippen LogP contribution in [0.3, 0.4) is 0 Å². The van der Waals surface area contributed by atoms with Crippen molar-refractivity contribution in [3.63, 3.8) is 0 Å². The Morgan fingerprint density at radius 2 is 1.89 bits per heavy atom. The number of nitrogens with zero attached hydrogens (tertiary/aromatic N) is 2. The number of sulfonamides is 1. The third-order valence-electron chi connectivity index (χ3n) is 3.63. The van der Waals surface area contributed by atoms with E-state index in [2.05, 4.69) is 4.98 Å². The molecule has 1 saturated carbocycles. The van der Waals surface area contributed by atoms with E-state index < -0.39 is 10.0 Å². The molecule has 3 rings (SSSR count). The number of hydrogen-bond acceptors (Lipinski definition) is 4. The number of aromatic nitrogens is 1. The molecule has 2 heterocycles. The Labute approximate surface area is 113 Å². The highest BCUT2D eigenvalue weighted by Crippen LogP contribution is 2.32. The Morgan fingerprint density at radius 1 is 1.16 bits per heavy atom. The average molecular weight is 282 g/mol. The summed E-state index contributed by atoms with van der Waals surface area (Å²) in [6.45, 7) is 1.13. The lowest BCUT2D eigenvalue weighted by Crippen LogP contribution is -2.43. The van der Waals surface area contributed by atoms with Gasteiger partial charge >= 0.3 is 0 Å². The maximum Gasteiger partial charge on any atom is 0.216 e. The van der Waals surface area contributed by atoms with Crippen LogP contribution >= 0.6 is 0 Å². The summed E-state index contributed by atoms with van der Waals surface area (Å²) in [7, 11) is -3.02. The van der Waals surface area contributed by atoms with Crippen molar-refractivity contribution in [1.82, 2.24) is 9.29 Å². The van der Waals surface area contributed by atoms with Gasteiger partial charge in [0.15, 0.2) is 0 Å². The summed E-state index contributed by atoms with van der Waals surface area (Å²) in [5, 5.41) is -0.110. The molecule has 0 bridgehead atoms. The first-order chi connectivity index (χ1) is 9.16. The van der Waals surface area contributed by atoms with Crippen molar-refractivity contribution >= 4 is 10.0 Å². The van der Waals surface area contributed by atoms with Crippen molar-refractivity contribution < 1.29 is 13.2 Å². The number of hydrogen-bond donors (Lipinski definition) is 0. The number of rotatable bonds is 4. The molecule has 0 aromatic carbocycles. The Hall–Kier alpha value is -1.14. The van der Waals surface area contributed by atoms with E-state index in [1.54, 1.807) is 10.5 Å². The lowest BCUT2D eigenvalue weighted by atomic mass is 10.1. The first-order valence-corrected chi connectivity index (χ1v) is 8.23. The highest BCUT2D eigenvalue weighted by Gasteiger charge is 2.41. The highest BCUT2D eigenvalue weighted by molar-refractivity contribution is 7.90. The minimum absolute atomic E-state index is 0.0700. The van der Waals surface area contributed by atoms with Crippen molar-refractivity contribution in [3.05, 3.63) is 24.4 Å². The van der Waals surface area contributed by atoms with E-state index >= 15 is 0 Å².